The average Bonchev–Trinajstić information content (AvgIpc) is 3.19. The van der Waals surface area contributed by atoms with Crippen molar-refractivity contribution in [2.45, 2.75) is 26.3 Å². The summed E-state index contributed by atoms with van der Waals surface area (Å²) in [6.45, 7) is 5.86. The number of para-hydroxylation sites is 1. The number of fused-ring (bicyclic) bond motifs is 1. The number of thioether (sulfide) groups is 1. The molecule has 1 aromatic carbocycles. The fourth-order valence-electron chi connectivity index (χ4n) is 2.80. The third-order valence-corrected chi connectivity index (χ3v) is 5.02. The molecule has 2 heterocycles. The van der Waals surface area contributed by atoms with Crippen LogP contribution in [0.3, 0.4) is 0 Å². The van der Waals surface area contributed by atoms with Crippen molar-refractivity contribution in [1.82, 2.24) is 15.2 Å². The predicted molar refractivity (Wildman–Crippen MR) is 93.6 cm³/mol. The van der Waals surface area contributed by atoms with Crippen molar-refractivity contribution in [3.8, 4) is 0 Å². The second-order valence-corrected chi connectivity index (χ2v) is 7.01. The monoisotopic (exact) mass is 333 g/mol. The van der Waals surface area contributed by atoms with E-state index in [-0.39, 0.29) is 5.91 Å². The van der Waals surface area contributed by atoms with E-state index in [0.29, 0.717) is 18.2 Å². The minimum absolute atomic E-state index is 0.0374. The molecule has 23 heavy (non-hydrogen) atoms. The van der Waals surface area contributed by atoms with Crippen LogP contribution in [0, 0.1) is 6.92 Å². The summed E-state index contributed by atoms with van der Waals surface area (Å²) >= 11 is 1.69. The molecule has 1 N–H and O–H groups in total. The second kappa shape index (κ2) is 7.84. The van der Waals surface area contributed by atoms with Crippen LogP contribution in [0.15, 0.2) is 22.6 Å². The zero-order valence-electron chi connectivity index (χ0n) is 13.5. The third kappa shape index (κ3) is 4.48. The van der Waals surface area contributed by atoms with Crippen molar-refractivity contribution in [2.24, 2.45) is 0 Å². The van der Waals surface area contributed by atoms with E-state index in [9.17, 15) is 4.79 Å². The maximum absolute atomic E-state index is 11.9. The van der Waals surface area contributed by atoms with E-state index in [1.54, 1.807) is 11.8 Å². The van der Waals surface area contributed by atoms with Crippen LogP contribution >= 0.6 is 11.8 Å². The Morgan fingerprint density at radius 1 is 1.39 bits per heavy atom. The highest BCUT2D eigenvalue weighted by atomic mass is 32.2. The van der Waals surface area contributed by atoms with Gasteiger partial charge in [-0.3, -0.25) is 4.79 Å². The van der Waals surface area contributed by atoms with Gasteiger partial charge in [-0.2, -0.15) is 11.8 Å². The van der Waals surface area contributed by atoms with Crippen LogP contribution in [0.25, 0.3) is 11.1 Å². The molecular formula is C17H23N3O2S. The van der Waals surface area contributed by atoms with Crippen LogP contribution < -0.4 is 5.32 Å². The highest BCUT2D eigenvalue weighted by molar-refractivity contribution is 7.99. The summed E-state index contributed by atoms with van der Waals surface area (Å²) in [6, 6.07) is 5.85. The van der Waals surface area contributed by atoms with Crippen molar-refractivity contribution < 1.29 is 9.21 Å². The van der Waals surface area contributed by atoms with Crippen molar-refractivity contribution in [1.29, 1.82) is 0 Å². The number of nitrogens with one attached hydrogen (secondary N) is 1. The van der Waals surface area contributed by atoms with E-state index in [1.165, 1.54) is 25.9 Å². The van der Waals surface area contributed by atoms with Crippen molar-refractivity contribution in [3.05, 3.63) is 29.7 Å². The van der Waals surface area contributed by atoms with Gasteiger partial charge >= 0.3 is 0 Å². The highest BCUT2D eigenvalue weighted by Gasteiger charge is 2.12. The van der Waals surface area contributed by atoms with Gasteiger partial charge in [0.05, 0.1) is 12.3 Å². The molecule has 1 saturated heterocycles. The molecule has 1 amide bonds. The molecule has 124 valence electrons. The highest BCUT2D eigenvalue weighted by Crippen LogP contribution is 2.18. The molecule has 3 rings (SSSR count). The number of hydrogen-bond acceptors (Lipinski definition) is 5. The van der Waals surface area contributed by atoms with E-state index in [4.69, 9.17) is 4.42 Å². The average molecular weight is 333 g/mol. The van der Waals surface area contributed by atoms with E-state index in [2.05, 4.69) is 15.2 Å². The number of benzene rings is 1. The van der Waals surface area contributed by atoms with E-state index < -0.39 is 0 Å². The third-order valence-electron chi connectivity index (χ3n) is 4.09. The standard InChI is InChI=1S/C17H23N3O2S/c1-13-5-4-6-14-17(13)19-16(22-14)11-18-15(21)12-23-10-9-20-7-2-3-8-20/h4-6H,2-3,7-12H2,1H3,(H,18,21). The van der Waals surface area contributed by atoms with Crippen LogP contribution in [0.1, 0.15) is 24.3 Å². The summed E-state index contributed by atoms with van der Waals surface area (Å²) in [5, 5.41) is 2.88. The van der Waals surface area contributed by atoms with Gasteiger partial charge in [-0.05, 0) is 44.5 Å². The quantitative estimate of drug-likeness (QED) is 0.789. The zero-order valence-corrected chi connectivity index (χ0v) is 14.3. The maximum Gasteiger partial charge on any atom is 0.230 e. The Kier molecular flexibility index (Phi) is 5.56. The fraction of sp³-hybridized carbons (Fsp3) is 0.529. The topological polar surface area (TPSA) is 58.4 Å². The number of amides is 1. The number of oxazole rings is 1. The SMILES string of the molecule is Cc1cccc2oc(CNC(=O)CSCCN3CCCC3)nc12. The molecule has 0 spiro atoms. The number of hydrogen-bond donors (Lipinski definition) is 1. The van der Waals surface area contributed by atoms with Gasteiger partial charge in [0.15, 0.2) is 5.58 Å². The van der Waals surface area contributed by atoms with Gasteiger partial charge in [0.1, 0.15) is 5.52 Å². The van der Waals surface area contributed by atoms with Crippen LogP contribution in [-0.2, 0) is 11.3 Å². The zero-order chi connectivity index (χ0) is 16.1. The molecule has 1 aliphatic rings. The Bertz CT molecular complexity index is 665. The first-order valence-electron chi connectivity index (χ1n) is 8.14. The summed E-state index contributed by atoms with van der Waals surface area (Å²) in [5.41, 5.74) is 2.73. The Labute approximate surface area is 140 Å². The molecule has 1 fully saturated rings. The summed E-state index contributed by atoms with van der Waals surface area (Å²) in [7, 11) is 0. The van der Waals surface area contributed by atoms with Crippen LogP contribution in [0.2, 0.25) is 0 Å². The number of aryl methyl sites for hydroxylation is 1. The Hall–Kier alpha value is -1.53. The molecule has 0 saturated carbocycles. The lowest BCUT2D eigenvalue weighted by Crippen LogP contribution is -2.26. The Balaban J connectivity index is 1.38. The first-order chi connectivity index (χ1) is 11.2. The fourth-order valence-corrected chi connectivity index (χ4v) is 3.62. The van der Waals surface area contributed by atoms with Gasteiger partial charge < -0.3 is 14.6 Å². The molecule has 0 atom stereocenters. The summed E-state index contributed by atoms with van der Waals surface area (Å²) in [5.74, 6) is 2.10. The van der Waals surface area contributed by atoms with Gasteiger partial charge in [0, 0.05) is 12.3 Å². The smallest absolute Gasteiger partial charge is 0.230 e. The molecule has 0 unspecified atom stereocenters. The lowest BCUT2D eigenvalue weighted by atomic mass is 10.2. The molecule has 0 radical (unpaired) electrons. The Morgan fingerprint density at radius 2 is 2.22 bits per heavy atom. The number of carbonyl (C=O) groups is 1. The normalized spacial score (nSPS) is 15.3. The van der Waals surface area contributed by atoms with E-state index >= 15 is 0 Å². The van der Waals surface area contributed by atoms with E-state index in [0.717, 1.165) is 29.0 Å². The van der Waals surface area contributed by atoms with Gasteiger partial charge in [0.25, 0.3) is 0 Å². The van der Waals surface area contributed by atoms with Gasteiger partial charge in [0.2, 0.25) is 11.8 Å². The lowest BCUT2D eigenvalue weighted by molar-refractivity contribution is -0.118. The number of likely N-dealkylation sites (tertiary alicyclic amines) is 1. The molecule has 5 nitrogen and oxygen atoms in total. The largest absolute Gasteiger partial charge is 0.439 e. The van der Waals surface area contributed by atoms with Gasteiger partial charge in [-0.15, -0.1) is 0 Å². The van der Waals surface area contributed by atoms with Gasteiger partial charge in [-0.25, -0.2) is 4.98 Å². The summed E-state index contributed by atoms with van der Waals surface area (Å²) in [6.07, 6.45) is 2.63. The minimum atomic E-state index is 0.0374. The minimum Gasteiger partial charge on any atom is -0.439 e. The van der Waals surface area contributed by atoms with Crippen molar-refractivity contribution in [3.63, 3.8) is 0 Å². The molecule has 1 aromatic heterocycles. The second-order valence-electron chi connectivity index (χ2n) is 5.91. The molecule has 0 bridgehead atoms. The van der Waals surface area contributed by atoms with Crippen LogP contribution in [0.4, 0.5) is 0 Å². The molecule has 0 aliphatic carbocycles. The number of aromatic nitrogens is 1. The molecular weight excluding hydrogens is 310 g/mol. The van der Waals surface area contributed by atoms with E-state index in [1.807, 2.05) is 25.1 Å². The van der Waals surface area contributed by atoms with Crippen LogP contribution in [-0.4, -0.2) is 46.9 Å². The molecule has 6 heteroatoms. The molecule has 2 aromatic rings. The maximum atomic E-state index is 11.9. The van der Waals surface area contributed by atoms with Crippen molar-refractivity contribution in [2.75, 3.05) is 31.1 Å². The molecule has 1 aliphatic heterocycles. The number of rotatable bonds is 7. The van der Waals surface area contributed by atoms with Gasteiger partial charge in [-0.1, -0.05) is 12.1 Å². The number of carbonyl (C=O) groups excluding carboxylic acids is 1. The number of nitrogens with zero attached hydrogens (tertiary/aromatic N) is 2. The summed E-state index contributed by atoms with van der Waals surface area (Å²) in [4.78, 5) is 18.8. The summed E-state index contributed by atoms with van der Waals surface area (Å²) < 4.78 is 5.65. The lowest BCUT2D eigenvalue weighted by Gasteiger charge is -2.13. The van der Waals surface area contributed by atoms with Crippen LogP contribution in [0.5, 0.6) is 0 Å². The van der Waals surface area contributed by atoms with Crippen molar-refractivity contribution >= 4 is 28.8 Å². The first kappa shape index (κ1) is 16.3. The first-order valence-corrected chi connectivity index (χ1v) is 9.29. The predicted octanol–water partition coefficient (Wildman–Crippen LogP) is 2.58. The Morgan fingerprint density at radius 3 is 3.00 bits per heavy atom.